The van der Waals surface area contributed by atoms with Crippen LogP contribution in [0.15, 0.2) is 12.5 Å². The molecule has 0 spiro atoms. The molecule has 0 aliphatic carbocycles. The van der Waals surface area contributed by atoms with E-state index in [9.17, 15) is 0 Å². The Morgan fingerprint density at radius 2 is 2.30 bits per heavy atom. The molecule has 0 unspecified atom stereocenters. The molecule has 0 saturated carbocycles. The maximum absolute atomic E-state index is 4.01. The Balaban J connectivity index is 2.65. The van der Waals surface area contributed by atoms with Crippen LogP contribution < -0.4 is 0 Å². The fraction of sp³-hybridized carbons (Fsp3) is 0.571. The molecule has 0 saturated heterocycles. The van der Waals surface area contributed by atoms with Gasteiger partial charge < -0.3 is 9.47 Å². The van der Waals surface area contributed by atoms with Crippen LogP contribution in [0.4, 0.5) is 0 Å². The molecule has 0 bridgehead atoms. The Hall–Kier alpha value is -0.830. The van der Waals surface area contributed by atoms with Crippen LogP contribution >= 0.6 is 0 Å². The zero-order valence-electron chi connectivity index (χ0n) is 6.70. The van der Waals surface area contributed by atoms with Crippen molar-refractivity contribution >= 4 is 0 Å². The van der Waals surface area contributed by atoms with Crippen molar-refractivity contribution in [1.29, 1.82) is 0 Å². The van der Waals surface area contributed by atoms with Crippen LogP contribution in [0.2, 0.25) is 0 Å². The first-order chi connectivity index (χ1) is 4.70. The van der Waals surface area contributed by atoms with E-state index in [2.05, 4.69) is 9.88 Å². The fourth-order valence-electron chi connectivity index (χ4n) is 0.861. The van der Waals surface area contributed by atoms with E-state index in [1.807, 2.05) is 38.2 Å². The molecule has 0 aliphatic rings. The lowest BCUT2D eigenvalue weighted by Crippen LogP contribution is -2.12. The van der Waals surface area contributed by atoms with Gasteiger partial charge in [0.25, 0.3) is 0 Å². The van der Waals surface area contributed by atoms with Gasteiger partial charge in [0.05, 0.1) is 12.0 Å². The van der Waals surface area contributed by atoms with Crippen LogP contribution in [0.5, 0.6) is 0 Å². The third-order valence-corrected chi connectivity index (χ3v) is 1.39. The Morgan fingerprint density at radius 1 is 1.60 bits per heavy atom. The second-order valence-electron chi connectivity index (χ2n) is 2.73. The highest BCUT2D eigenvalue weighted by Gasteiger charge is 1.97. The van der Waals surface area contributed by atoms with Crippen molar-refractivity contribution in [2.75, 3.05) is 14.1 Å². The van der Waals surface area contributed by atoms with Crippen LogP contribution in [0, 0.1) is 0 Å². The molecule has 0 N–H and O–H groups in total. The summed E-state index contributed by atoms with van der Waals surface area (Å²) in [5, 5.41) is 0. The van der Waals surface area contributed by atoms with Gasteiger partial charge in [-0.25, -0.2) is 4.98 Å². The minimum absolute atomic E-state index is 0.955. The maximum atomic E-state index is 4.01. The van der Waals surface area contributed by atoms with Gasteiger partial charge in [0, 0.05) is 19.8 Å². The molecule has 10 heavy (non-hydrogen) atoms. The van der Waals surface area contributed by atoms with E-state index in [1.54, 1.807) is 0 Å². The predicted octanol–water partition coefficient (Wildman–Crippen LogP) is 0.482. The number of nitrogens with zero attached hydrogens (tertiary/aromatic N) is 3. The van der Waals surface area contributed by atoms with Gasteiger partial charge in [0.15, 0.2) is 0 Å². The topological polar surface area (TPSA) is 21.1 Å². The molecule has 0 aliphatic heterocycles. The molecule has 0 atom stereocenters. The molecule has 0 fully saturated rings. The third kappa shape index (κ3) is 1.57. The molecule has 1 aromatic heterocycles. The largest absolute Gasteiger partial charge is 0.337 e. The van der Waals surface area contributed by atoms with E-state index in [-0.39, 0.29) is 0 Å². The van der Waals surface area contributed by atoms with Crippen molar-refractivity contribution in [2.45, 2.75) is 6.54 Å². The normalized spacial score (nSPS) is 10.8. The zero-order chi connectivity index (χ0) is 7.56. The first-order valence-corrected chi connectivity index (χ1v) is 3.30. The Morgan fingerprint density at radius 3 is 2.70 bits per heavy atom. The Labute approximate surface area is 61.3 Å². The summed E-state index contributed by atoms with van der Waals surface area (Å²) in [7, 11) is 6.10. The Bertz CT molecular complexity index is 202. The molecule has 1 heterocycles. The highest BCUT2D eigenvalue weighted by Crippen LogP contribution is 1.97. The van der Waals surface area contributed by atoms with E-state index >= 15 is 0 Å². The fourth-order valence-corrected chi connectivity index (χ4v) is 0.861. The lowest BCUT2D eigenvalue weighted by atomic mass is 10.4. The smallest absolute Gasteiger partial charge is 0.0945 e. The lowest BCUT2D eigenvalue weighted by molar-refractivity contribution is 0.391. The molecule has 0 amide bonds. The van der Waals surface area contributed by atoms with E-state index < -0.39 is 0 Å². The van der Waals surface area contributed by atoms with E-state index in [4.69, 9.17) is 0 Å². The number of imidazole rings is 1. The first kappa shape index (κ1) is 7.28. The monoisotopic (exact) mass is 139 g/mol. The van der Waals surface area contributed by atoms with Crippen molar-refractivity contribution in [3.05, 3.63) is 18.2 Å². The van der Waals surface area contributed by atoms with Gasteiger partial charge in [-0.1, -0.05) is 0 Å². The summed E-state index contributed by atoms with van der Waals surface area (Å²) in [6.45, 7) is 0.955. The molecular weight excluding hydrogens is 126 g/mol. The maximum Gasteiger partial charge on any atom is 0.0945 e. The quantitative estimate of drug-likeness (QED) is 0.594. The number of hydrogen-bond donors (Lipinski definition) is 0. The van der Waals surface area contributed by atoms with Gasteiger partial charge >= 0.3 is 0 Å². The van der Waals surface area contributed by atoms with Crippen LogP contribution in [0.1, 0.15) is 5.69 Å². The molecule has 1 aromatic rings. The average molecular weight is 139 g/mol. The van der Waals surface area contributed by atoms with Gasteiger partial charge in [-0.15, -0.1) is 0 Å². The highest BCUT2D eigenvalue weighted by molar-refractivity contribution is 4.96. The molecule has 3 nitrogen and oxygen atoms in total. The summed E-state index contributed by atoms with van der Waals surface area (Å²) < 4.78 is 2.03. The van der Waals surface area contributed by atoms with Crippen LogP contribution in [-0.4, -0.2) is 28.5 Å². The summed E-state index contributed by atoms with van der Waals surface area (Å²) in [5.41, 5.74) is 1.24. The first-order valence-electron chi connectivity index (χ1n) is 3.30. The van der Waals surface area contributed by atoms with Crippen LogP contribution in [0.3, 0.4) is 0 Å². The second-order valence-corrected chi connectivity index (χ2v) is 2.73. The zero-order valence-corrected chi connectivity index (χ0v) is 6.70. The predicted molar refractivity (Wildman–Crippen MR) is 40.6 cm³/mol. The SMILES string of the molecule is CN(C)Cc1cncn1C. The standard InChI is InChI=1S/C7H13N3/c1-9(2)5-7-4-8-6-10(7)3/h4,6H,5H2,1-3H3. The number of hydrogen-bond acceptors (Lipinski definition) is 2. The van der Waals surface area contributed by atoms with Gasteiger partial charge in [-0.05, 0) is 14.1 Å². The summed E-state index contributed by atoms with van der Waals surface area (Å²) in [4.78, 5) is 6.13. The molecule has 0 radical (unpaired) electrons. The van der Waals surface area contributed by atoms with Crippen molar-refractivity contribution in [2.24, 2.45) is 7.05 Å². The number of rotatable bonds is 2. The van der Waals surface area contributed by atoms with Crippen molar-refractivity contribution in [1.82, 2.24) is 14.5 Å². The number of aromatic nitrogens is 2. The van der Waals surface area contributed by atoms with Gasteiger partial charge in [-0.2, -0.15) is 0 Å². The average Bonchev–Trinajstić information content (AvgIpc) is 2.15. The summed E-state index contributed by atoms with van der Waals surface area (Å²) >= 11 is 0. The summed E-state index contributed by atoms with van der Waals surface area (Å²) in [6, 6.07) is 0. The third-order valence-electron chi connectivity index (χ3n) is 1.39. The van der Waals surface area contributed by atoms with Crippen molar-refractivity contribution < 1.29 is 0 Å². The van der Waals surface area contributed by atoms with Gasteiger partial charge in [0.2, 0.25) is 0 Å². The van der Waals surface area contributed by atoms with Gasteiger partial charge in [-0.3, -0.25) is 0 Å². The second kappa shape index (κ2) is 2.84. The summed E-state index contributed by atoms with van der Waals surface area (Å²) in [6.07, 6.45) is 3.71. The molecule has 56 valence electrons. The number of aryl methyl sites for hydroxylation is 1. The van der Waals surface area contributed by atoms with Gasteiger partial charge in [0.1, 0.15) is 0 Å². The van der Waals surface area contributed by atoms with Crippen molar-refractivity contribution in [3.63, 3.8) is 0 Å². The highest BCUT2D eigenvalue weighted by atomic mass is 15.1. The van der Waals surface area contributed by atoms with Crippen molar-refractivity contribution in [3.8, 4) is 0 Å². The van der Waals surface area contributed by atoms with E-state index in [0.29, 0.717) is 0 Å². The molecule has 3 heteroatoms. The minimum Gasteiger partial charge on any atom is -0.337 e. The van der Waals surface area contributed by atoms with E-state index in [1.165, 1.54) is 5.69 Å². The van der Waals surface area contributed by atoms with Crippen LogP contribution in [0.25, 0.3) is 0 Å². The molecular formula is C7H13N3. The minimum atomic E-state index is 0.955. The molecule has 1 rings (SSSR count). The lowest BCUT2D eigenvalue weighted by Gasteiger charge is -2.08. The van der Waals surface area contributed by atoms with E-state index in [0.717, 1.165) is 6.54 Å². The Kier molecular flexibility index (Phi) is 2.06. The molecule has 0 aromatic carbocycles. The summed E-state index contributed by atoms with van der Waals surface area (Å²) in [5.74, 6) is 0. The van der Waals surface area contributed by atoms with Crippen LogP contribution in [-0.2, 0) is 13.6 Å².